The summed E-state index contributed by atoms with van der Waals surface area (Å²) in [5.74, 6) is 0.225. The maximum atomic E-state index is 12.3. The third kappa shape index (κ3) is 4.18. The molecule has 1 heterocycles. The van der Waals surface area contributed by atoms with Crippen molar-refractivity contribution in [3.05, 3.63) is 0 Å². The molecule has 1 aliphatic carbocycles. The first kappa shape index (κ1) is 14.8. The number of hydrogen-bond donors (Lipinski definition) is 1. The summed E-state index contributed by atoms with van der Waals surface area (Å²) in [6.45, 7) is 8.13. The zero-order chi connectivity index (χ0) is 13.7. The molecule has 110 valence electrons. The fourth-order valence-corrected chi connectivity index (χ4v) is 3.13. The van der Waals surface area contributed by atoms with Crippen molar-refractivity contribution >= 4 is 5.91 Å². The minimum absolute atomic E-state index is 0.0724. The van der Waals surface area contributed by atoms with Crippen LogP contribution in [0.4, 0.5) is 0 Å². The van der Waals surface area contributed by atoms with Gasteiger partial charge in [-0.1, -0.05) is 26.2 Å². The first-order valence-electron chi connectivity index (χ1n) is 7.71. The Bertz CT molecular complexity index is 295. The van der Waals surface area contributed by atoms with E-state index in [-0.39, 0.29) is 11.9 Å². The molecule has 4 heteroatoms. The Morgan fingerprint density at radius 2 is 1.89 bits per heavy atom. The van der Waals surface area contributed by atoms with Gasteiger partial charge in [0.15, 0.2) is 0 Å². The second kappa shape index (κ2) is 6.71. The van der Waals surface area contributed by atoms with E-state index in [9.17, 15) is 4.79 Å². The second-order valence-corrected chi connectivity index (χ2v) is 6.41. The zero-order valence-corrected chi connectivity index (χ0v) is 12.4. The highest BCUT2D eigenvalue weighted by Gasteiger charge is 2.29. The van der Waals surface area contributed by atoms with Crippen LogP contribution in [-0.4, -0.2) is 49.7 Å². The van der Waals surface area contributed by atoms with Crippen molar-refractivity contribution in [3.63, 3.8) is 0 Å². The Balaban J connectivity index is 1.76. The van der Waals surface area contributed by atoms with Crippen LogP contribution < -0.4 is 5.32 Å². The van der Waals surface area contributed by atoms with Gasteiger partial charge in [0.05, 0.1) is 19.3 Å². The predicted octanol–water partition coefficient (Wildman–Crippen LogP) is 1.79. The summed E-state index contributed by atoms with van der Waals surface area (Å²) in [6, 6.07) is -0.0724. The van der Waals surface area contributed by atoms with Gasteiger partial charge < -0.3 is 15.0 Å². The number of carbonyl (C=O) groups excluding carboxylic acids is 1. The highest BCUT2D eigenvalue weighted by Crippen LogP contribution is 2.34. The molecule has 0 bridgehead atoms. The smallest absolute Gasteiger partial charge is 0.239 e. The molecule has 0 aromatic rings. The average molecular weight is 268 g/mol. The first-order valence-corrected chi connectivity index (χ1v) is 7.71. The number of hydrogen-bond acceptors (Lipinski definition) is 3. The molecule has 2 aliphatic rings. The van der Waals surface area contributed by atoms with Gasteiger partial charge in [-0.05, 0) is 25.2 Å². The Morgan fingerprint density at radius 1 is 1.26 bits per heavy atom. The Hall–Kier alpha value is -0.610. The Kier molecular flexibility index (Phi) is 5.22. The van der Waals surface area contributed by atoms with E-state index in [1.807, 2.05) is 11.8 Å². The van der Waals surface area contributed by atoms with Crippen LogP contribution in [0.3, 0.4) is 0 Å². The van der Waals surface area contributed by atoms with Crippen molar-refractivity contribution in [2.24, 2.45) is 5.41 Å². The summed E-state index contributed by atoms with van der Waals surface area (Å²) in [6.07, 6.45) is 6.63. The minimum atomic E-state index is -0.0724. The van der Waals surface area contributed by atoms with E-state index in [4.69, 9.17) is 4.74 Å². The van der Waals surface area contributed by atoms with Crippen LogP contribution in [0.1, 0.15) is 46.0 Å². The van der Waals surface area contributed by atoms with E-state index in [0.29, 0.717) is 18.6 Å². The SMILES string of the molecule is CC(NCC1(C)CCCCC1)C(=O)N1CCOCC1. The lowest BCUT2D eigenvalue weighted by Gasteiger charge is -2.36. The third-order valence-corrected chi connectivity index (χ3v) is 4.59. The number of nitrogens with one attached hydrogen (secondary N) is 1. The van der Waals surface area contributed by atoms with E-state index in [0.717, 1.165) is 19.6 Å². The molecule has 4 nitrogen and oxygen atoms in total. The number of nitrogens with zero attached hydrogens (tertiary/aromatic N) is 1. The van der Waals surface area contributed by atoms with Crippen LogP contribution in [-0.2, 0) is 9.53 Å². The molecule has 1 amide bonds. The normalized spacial score (nSPS) is 25.1. The van der Waals surface area contributed by atoms with E-state index in [1.54, 1.807) is 0 Å². The van der Waals surface area contributed by atoms with E-state index in [1.165, 1.54) is 32.1 Å². The lowest BCUT2D eigenvalue weighted by molar-refractivity contribution is -0.137. The highest BCUT2D eigenvalue weighted by molar-refractivity contribution is 5.81. The molecule has 19 heavy (non-hydrogen) atoms. The lowest BCUT2D eigenvalue weighted by Crippen LogP contribution is -2.51. The summed E-state index contributed by atoms with van der Waals surface area (Å²) < 4.78 is 5.29. The van der Waals surface area contributed by atoms with Crippen molar-refractivity contribution in [1.29, 1.82) is 0 Å². The van der Waals surface area contributed by atoms with Crippen LogP contribution >= 0.6 is 0 Å². The molecular weight excluding hydrogens is 240 g/mol. The number of amides is 1. The van der Waals surface area contributed by atoms with Crippen LogP contribution in [0.15, 0.2) is 0 Å². The van der Waals surface area contributed by atoms with Gasteiger partial charge in [0.25, 0.3) is 0 Å². The van der Waals surface area contributed by atoms with Gasteiger partial charge in [-0.25, -0.2) is 0 Å². The van der Waals surface area contributed by atoms with Crippen LogP contribution in [0, 0.1) is 5.41 Å². The van der Waals surface area contributed by atoms with Gasteiger partial charge in [-0.2, -0.15) is 0 Å². The van der Waals surface area contributed by atoms with Gasteiger partial charge >= 0.3 is 0 Å². The number of morpholine rings is 1. The molecule has 0 aromatic heterocycles. The molecule has 2 rings (SSSR count). The maximum absolute atomic E-state index is 12.3. The third-order valence-electron chi connectivity index (χ3n) is 4.59. The van der Waals surface area contributed by atoms with Crippen molar-refractivity contribution < 1.29 is 9.53 Å². The summed E-state index contributed by atoms with van der Waals surface area (Å²) in [4.78, 5) is 14.2. The fourth-order valence-electron chi connectivity index (χ4n) is 3.13. The zero-order valence-electron chi connectivity index (χ0n) is 12.4. The molecule has 0 radical (unpaired) electrons. The minimum Gasteiger partial charge on any atom is -0.378 e. The lowest BCUT2D eigenvalue weighted by atomic mass is 9.75. The quantitative estimate of drug-likeness (QED) is 0.845. The largest absolute Gasteiger partial charge is 0.378 e. The van der Waals surface area contributed by atoms with E-state index < -0.39 is 0 Å². The van der Waals surface area contributed by atoms with Gasteiger partial charge in [0.2, 0.25) is 5.91 Å². The molecule has 1 aliphatic heterocycles. The van der Waals surface area contributed by atoms with E-state index in [2.05, 4.69) is 12.2 Å². The Labute approximate surface area is 116 Å². The molecule has 1 unspecified atom stereocenters. The number of rotatable bonds is 4. The van der Waals surface area contributed by atoms with Crippen LogP contribution in [0.5, 0.6) is 0 Å². The van der Waals surface area contributed by atoms with Gasteiger partial charge in [0, 0.05) is 19.6 Å². The maximum Gasteiger partial charge on any atom is 0.239 e. The Morgan fingerprint density at radius 3 is 2.53 bits per heavy atom. The van der Waals surface area contributed by atoms with Crippen molar-refractivity contribution in [1.82, 2.24) is 10.2 Å². The summed E-state index contributed by atoms with van der Waals surface area (Å²) in [5.41, 5.74) is 0.387. The predicted molar refractivity (Wildman–Crippen MR) is 76.1 cm³/mol. The summed E-state index contributed by atoms with van der Waals surface area (Å²) in [5, 5.41) is 3.46. The van der Waals surface area contributed by atoms with Gasteiger partial charge in [-0.15, -0.1) is 0 Å². The summed E-state index contributed by atoms with van der Waals surface area (Å²) >= 11 is 0. The molecule has 0 aromatic carbocycles. The molecule has 1 N–H and O–H groups in total. The second-order valence-electron chi connectivity index (χ2n) is 6.41. The highest BCUT2D eigenvalue weighted by atomic mass is 16.5. The molecular formula is C15H28N2O2. The standard InChI is InChI=1S/C15H28N2O2/c1-13(14(18)17-8-10-19-11-9-17)16-12-15(2)6-4-3-5-7-15/h13,16H,3-12H2,1-2H3. The van der Waals surface area contributed by atoms with E-state index >= 15 is 0 Å². The van der Waals surface area contributed by atoms with Crippen molar-refractivity contribution in [2.45, 2.75) is 52.0 Å². The topological polar surface area (TPSA) is 41.6 Å². The fraction of sp³-hybridized carbons (Fsp3) is 0.933. The monoisotopic (exact) mass is 268 g/mol. The molecule has 1 atom stereocenters. The van der Waals surface area contributed by atoms with Crippen LogP contribution in [0.25, 0.3) is 0 Å². The van der Waals surface area contributed by atoms with Gasteiger partial charge in [0.1, 0.15) is 0 Å². The van der Waals surface area contributed by atoms with Gasteiger partial charge in [-0.3, -0.25) is 4.79 Å². The molecule has 1 saturated heterocycles. The molecule has 0 spiro atoms. The molecule has 1 saturated carbocycles. The molecule has 2 fully saturated rings. The van der Waals surface area contributed by atoms with Crippen molar-refractivity contribution in [2.75, 3.05) is 32.8 Å². The number of ether oxygens (including phenoxy) is 1. The average Bonchev–Trinajstić information content (AvgIpc) is 2.46. The van der Waals surface area contributed by atoms with Crippen LogP contribution in [0.2, 0.25) is 0 Å². The number of carbonyl (C=O) groups is 1. The first-order chi connectivity index (χ1) is 9.11. The summed E-state index contributed by atoms with van der Waals surface area (Å²) in [7, 11) is 0. The van der Waals surface area contributed by atoms with Crippen molar-refractivity contribution in [3.8, 4) is 0 Å².